The third-order valence-corrected chi connectivity index (χ3v) is 3.20. The van der Waals surface area contributed by atoms with Gasteiger partial charge in [-0.3, -0.25) is 0 Å². The number of halogens is 12. The average molecular weight is 390 g/mol. The Morgan fingerprint density at radius 1 is 0.417 bits per heavy atom. The first-order valence-electron chi connectivity index (χ1n) is 5.92. The Morgan fingerprint density at radius 2 is 0.583 bits per heavy atom. The van der Waals surface area contributed by atoms with Crippen LogP contribution in [0.5, 0.6) is 0 Å². The molecule has 24 heavy (non-hydrogen) atoms. The van der Waals surface area contributed by atoms with Crippen LogP contribution in [-0.4, -0.2) is 46.1 Å². The smallest absolute Gasteiger partial charge is 0.374 e. The summed E-state index contributed by atoms with van der Waals surface area (Å²) in [5, 5.41) is 17.4. The van der Waals surface area contributed by atoms with Crippen LogP contribution in [0, 0.1) is 0 Å². The molecule has 0 aliphatic heterocycles. The summed E-state index contributed by atoms with van der Waals surface area (Å²) in [5.41, 5.74) is -10.6. The average Bonchev–Trinajstić information content (AvgIpc) is 2.28. The molecule has 14 heteroatoms. The van der Waals surface area contributed by atoms with Gasteiger partial charge in [0.05, 0.1) is 0 Å². The van der Waals surface area contributed by atoms with Gasteiger partial charge in [0.25, 0.3) is 11.2 Å². The third-order valence-electron chi connectivity index (χ3n) is 3.20. The van der Waals surface area contributed by atoms with E-state index in [4.69, 9.17) is 10.2 Å². The van der Waals surface area contributed by atoms with Crippen LogP contribution in [0.15, 0.2) is 0 Å². The van der Waals surface area contributed by atoms with Crippen LogP contribution in [0.2, 0.25) is 0 Å². The lowest BCUT2D eigenvalue weighted by molar-refractivity contribution is -0.374. The quantitative estimate of drug-likeness (QED) is 0.544. The van der Waals surface area contributed by atoms with E-state index in [9.17, 15) is 52.7 Å². The largest absolute Gasteiger partial charge is 0.426 e. The van der Waals surface area contributed by atoms with E-state index in [1.54, 1.807) is 0 Å². The molecule has 0 radical (unpaired) electrons. The highest BCUT2D eigenvalue weighted by Crippen LogP contribution is 2.48. The molecule has 0 aromatic rings. The summed E-state index contributed by atoms with van der Waals surface area (Å²) in [5.74, 6) is 0. The van der Waals surface area contributed by atoms with Gasteiger partial charge in [0, 0.05) is 0 Å². The molecule has 0 atom stereocenters. The van der Waals surface area contributed by atoms with Crippen molar-refractivity contribution in [2.75, 3.05) is 0 Å². The van der Waals surface area contributed by atoms with E-state index in [1.165, 1.54) is 0 Å². The van der Waals surface area contributed by atoms with Crippen molar-refractivity contribution >= 4 is 0 Å². The van der Waals surface area contributed by atoms with Gasteiger partial charge in [0.2, 0.25) is 0 Å². The molecule has 0 heterocycles. The van der Waals surface area contributed by atoms with E-state index >= 15 is 0 Å². The number of hydrogen-bond acceptors (Lipinski definition) is 2. The normalized spacial score (nSPS) is 15.8. The minimum absolute atomic E-state index is 1.51. The van der Waals surface area contributed by atoms with Gasteiger partial charge >= 0.3 is 24.7 Å². The van der Waals surface area contributed by atoms with Crippen molar-refractivity contribution in [2.45, 2.75) is 61.6 Å². The van der Waals surface area contributed by atoms with Crippen molar-refractivity contribution in [3.8, 4) is 0 Å². The molecule has 0 amide bonds. The fourth-order valence-corrected chi connectivity index (χ4v) is 1.65. The maximum Gasteiger partial charge on any atom is 0.426 e. The van der Waals surface area contributed by atoms with Gasteiger partial charge in [0.15, 0.2) is 0 Å². The fraction of sp³-hybridized carbons (Fsp3) is 1.00. The van der Waals surface area contributed by atoms with Crippen molar-refractivity contribution in [2.24, 2.45) is 0 Å². The van der Waals surface area contributed by atoms with Crippen LogP contribution in [0.1, 0.15) is 25.7 Å². The molecule has 2 nitrogen and oxygen atoms in total. The monoisotopic (exact) mass is 390 g/mol. The fourth-order valence-electron chi connectivity index (χ4n) is 1.65. The van der Waals surface area contributed by atoms with Gasteiger partial charge < -0.3 is 10.2 Å². The predicted molar refractivity (Wildman–Crippen MR) is 52.6 cm³/mol. The van der Waals surface area contributed by atoms with E-state index < -0.39 is 61.6 Å². The number of unbranched alkanes of at least 4 members (excludes halogenated alkanes) is 1. The highest BCUT2D eigenvalue weighted by molar-refractivity contribution is 4.96. The van der Waals surface area contributed by atoms with Crippen LogP contribution in [0.3, 0.4) is 0 Å². The summed E-state index contributed by atoms with van der Waals surface area (Å²) in [6, 6.07) is 0. The van der Waals surface area contributed by atoms with Gasteiger partial charge in [-0.05, 0) is 25.7 Å². The first kappa shape index (κ1) is 23.1. The highest BCUT2D eigenvalue weighted by atomic mass is 19.4. The zero-order valence-electron chi connectivity index (χ0n) is 11.3. The summed E-state index contributed by atoms with van der Waals surface area (Å²) in [4.78, 5) is 0. The van der Waals surface area contributed by atoms with Crippen LogP contribution in [0.25, 0.3) is 0 Å². The summed E-state index contributed by atoms with van der Waals surface area (Å²) in [6.07, 6.45) is -32.4. The van der Waals surface area contributed by atoms with Gasteiger partial charge in [-0.2, -0.15) is 52.7 Å². The van der Waals surface area contributed by atoms with Crippen LogP contribution in [0.4, 0.5) is 52.7 Å². The van der Waals surface area contributed by atoms with E-state index in [-0.39, 0.29) is 0 Å². The standard InChI is InChI=1S/C10H10F12O2/c11-7(12,13)5(23,8(14,15)16)3-1-2-4-6(24,9(17,18)19)10(20,21)22/h23-24H,1-4H2. The number of alkyl halides is 12. The SMILES string of the molecule is OC(CCCCC(O)(C(F)(F)F)C(F)(F)F)(C(F)(F)F)C(F)(F)F. The molecule has 0 saturated carbocycles. The number of aliphatic hydroxyl groups is 2. The Morgan fingerprint density at radius 3 is 0.708 bits per heavy atom. The van der Waals surface area contributed by atoms with Gasteiger partial charge in [0.1, 0.15) is 0 Å². The molecule has 0 rings (SSSR count). The zero-order valence-corrected chi connectivity index (χ0v) is 11.3. The molecule has 0 bridgehead atoms. The highest BCUT2D eigenvalue weighted by Gasteiger charge is 2.71. The van der Waals surface area contributed by atoms with Crippen molar-refractivity contribution in [3.63, 3.8) is 0 Å². The topological polar surface area (TPSA) is 40.5 Å². The molecule has 0 aliphatic carbocycles. The molecule has 0 aliphatic rings. The Balaban J connectivity index is 5.11. The second-order valence-corrected chi connectivity index (χ2v) is 4.92. The van der Waals surface area contributed by atoms with Gasteiger partial charge in [-0.1, -0.05) is 0 Å². The van der Waals surface area contributed by atoms with E-state index in [1.807, 2.05) is 0 Å². The Labute approximate surface area is 126 Å². The zero-order chi connectivity index (χ0) is 19.8. The molecule has 0 aromatic heterocycles. The van der Waals surface area contributed by atoms with Crippen molar-refractivity contribution < 1.29 is 62.9 Å². The van der Waals surface area contributed by atoms with Crippen molar-refractivity contribution in [1.82, 2.24) is 0 Å². The summed E-state index contributed by atoms with van der Waals surface area (Å²) in [6.45, 7) is 0. The minimum atomic E-state index is -6.24. The van der Waals surface area contributed by atoms with Crippen LogP contribution >= 0.6 is 0 Å². The van der Waals surface area contributed by atoms with E-state index in [0.29, 0.717) is 0 Å². The van der Waals surface area contributed by atoms with Gasteiger partial charge in [-0.25, -0.2) is 0 Å². The predicted octanol–water partition coefficient (Wildman–Crippen LogP) is 4.26. The Hall–Kier alpha value is -0.920. The maximum absolute atomic E-state index is 12.3. The maximum atomic E-state index is 12.3. The molecule has 146 valence electrons. The molecular weight excluding hydrogens is 380 g/mol. The molecular formula is C10H10F12O2. The third kappa shape index (κ3) is 4.37. The summed E-state index contributed by atoms with van der Waals surface area (Å²) < 4.78 is 147. The number of rotatable bonds is 5. The van der Waals surface area contributed by atoms with Crippen molar-refractivity contribution in [1.29, 1.82) is 0 Å². The van der Waals surface area contributed by atoms with Gasteiger partial charge in [-0.15, -0.1) is 0 Å². The minimum Gasteiger partial charge on any atom is -0.374 e. The van der Waals surface area contributed by atoms with Crippen LogP contribution in [-0.2, 0) is 0 Å². The first-order valence-corrected chi connectivity index (χ1v) is 5.92. The first-order chi connectivity index (χ1) is 10.2. The summed E-state index contributed by atoms with van der Waals surface area (Å²) >= 11 is 0. The lowest BCUT2D eigenvalue weighted by Crippen LogP contribution is -2.57. The lowest BCUT2D eigenvalue weighted by Gasteiger charge is -2.34. The Kier molecular flexibility index (Phi) is 6.18. The Bertz CT molecular complexity index is 348. The van der Waals surface area contributed by atoms with Crippen LogP contribution < -0.4 is 0 Å². The molecule has 0 fully saturated rings. The second-order valence-electron chi connectivity index (χ2n) is 4.92. The lowest BCUT2D eigenvalue weighted by atomic mass is 9.90. The molecule has 0 saturated heterocycles. The molecule has 2 N–H and O–H groups in total. The molecule has 0 unspecified atom stereocenters. The summed E-state index contributed by atoms with van der Waals surface area (Å²) in [7, 11) is 0. The number of hydrogen-bond donors (Lipinski definition) is 2. The van der Waals surface area contributed by atoms with E-state index in [0.717, 1.165) is 0 Å². The molecule has 0 spiro atoms. The van der Waals surface area contributed by atoms with E-state index in [2.05, 4.69) is 0 Å². The van der Waals surface area contributed by atoms with Crippen molar-refractivity contribution in [3.05, 3.63) is 0 Å². The second kappa shape index (κ2) is 6.42. The molecule has 0 aromatic carbocycles.